The number of aliphatic hydroxyl groups excluding tert-OH is 1. The zero-order valence-corrected chi connectivity index (χ0v) is 11.9. The molecule has 5 nitrogen and oxygen atoms in total. The normalized spacial score (nSPS) is 27.1. The molecule has 20 heavy (non-hydrogen) atoms. The number of nitrogens with two attached hydrogens (primary N) is 1. The van der Waals surface area contributed by atoms with Crippen molar-refractivity contribution in [3.8, 4) is 0 Å². The zero-order valence-electron chi connectivity index (χ0n) is 11.9. The Labute approximate surface area is 120 Å². The monoisotopic (exact) mass is 283 g/mol. The molecule has 1 fully saturated rings. The van der Waals surface area contributed by atoms with Gasteiger partial charge in [-0.15, -0.1) is 0 Å². The quantitative estimate of drug-likeness (QED) is 0.697. The van der Waals surface area contributed by atoms with Gasteiger partial charge in [0.1, 0.15) is 0 Å². The Kier molecular flexibility index (Phi) is 5.86. The Bertz CT molecular complexity index is 350. The largest absolute Gasteiger partial charge is 0.459 e. The molecule has 0 spiro atoms. The standard InChI is InChI=1S/C15H25NO4/c16-15(18)13-9-12(11-5-1-2-6-11)10-14(20-13)19-8-4-3-7-17/h9,11-12,14,17H,1-8,10H2,(H2,16,18)/t12-,14+/m0/s1. The van der Waals surface area contributed by atoms with Crippen LogP contribution >= 0.6 is 0 Å². The van der Waals surface area contributed by atoms with Gasteiger partial charge in [-0.2, -0.15) is 0 Å². The van der Waals surface area contributed by atoms with E-state index in [1.807, 2.05) is 6.08 Å². The summed E-state index contributed by atoms with van der Waals surface area (Å²) in [6.45, 7) is 0.709. The van der Waals surface area contributed by atoms with E-state index in [2.05, 4.69) is 0 Å². The maximum atomic E-state index is 11.4. The van der Waals surface area contributed by atoms with Gasteiger partial charge in [0.05, 0.1) is 6.61 Å². The molecule has 0 unspecified atom stereocenters. The molecule has 0 radical (unpaired) electrons. The van der Waals surface area contributed by atoms with Crippen molar-refractivity contribution in [3.05, 3.63) is 11.8 Å². The van der Waals surface area contributed by atoms with Gasteiger partial charge < -0.3 is 20.3 Å². The molecule has 0 aromatic carbocycles. The minimum atomic E-state index is -0.517. The van der Waals surface area contributed by atoms with Gasteiger partial charge in [-0.3, -0.25) is 4.79 Å². The van der Waals surface area contributed by atoms with Crippen LogP contribution in [0, 0.1) is 11.8 Å². The van der Waals surface area contributed by atoms with E-state index in [0.29, 0.717) is 18.4 Å². The van der Waals surface area contributed by atoms with Crippen molar-refractivity contribution in [2.45, 2.75) is 51.2 Å². The third kappa shape index (κ3) is 4.21. The highest BCUT2D eigenvalue weighted by atomic mass is 16.7. The van der Waals surface area contributed by atoms with Crippen LogP contribution < -0.4 is 5.73 Å². The Morgan fingerprint density at radius 1 is 1.40 bits per heavy atom. The second-order valence-electron chi connectivity index (χ2n) is 5.69. The van der Waals surface area contributed by atoms with Crippen LogP contribution in [0.25, 0.3) is 0 Å². The summed E-state index contributed by atoms with van der Waals surface area (Å²) in [6.07, 6.45) is 8.78. The molecule has 1 aliphatic heterocycles. The number of ether oxygens (including phenoxy) is 2. The molecule has 1 saturated carbocycles. The number of rotatable bonds is 7. The van der Waals surface area contributed by atoms with E-state index in [1.165, 1.54) is 25.7 Å². The molecule has 1 aliphatic carbocycles. The minimum absolute atomic E-state index is 0.173. The number of amides is 1. The Morgan fingerprint density at radius 2 is 2.15 bits per heavy atom. The van der Waals surface area contributed by atoms with Crippen molar-refractivity contribution in [3.63, 3.8) is 0 Å². The first-order valence-electron chi connectivity index (χ1n) is 7.61. The van der Waals surface area contributed by atoms with Gasteiger partial charge in [0.25, 0.3) is 5.91 Å². The third-order valence-corrected chi connectivity index (χ3v) is 4.19. The van der Waals surface area contributed by atoms with Gasteiger partial charge in [-0.05, 0) is 43.6 Å². The highest BCUT2D eigenvalue weighted by molar-refractivity contribution is 5.90. The predicted octanol–water partition coefficient (Wildman–Crippen LogP) is 1.70. The smallest absolute Gasteiger partial charge is 0.283 e. The van der Waals surface area contributed by atoms with Crippen molar-refractivity contribution >= 4 is 5.91 Å². The average molecular weight is 283 g/mol. The Morgan fingerprint density at radius 3 is 2.80 bits per heavy atom. The highest BCUT2D eigenvalue weighted by Crippen LogP contribution is 2.38. The number of aliphatic hydroxyl groups is 1. The van der Waals surface area contributed by atoms with Crippen LogP contribution in [-0.4, -0.2) is 30.5 Å². The lowest BCUT2D eigenvalue weighted by Gasteiger charge is -2.31. The number of primary amides is 1. The summed E-state index contributed by atoms with van der Waals surface area (Å²) in [4.78, 5) is 11.4. The molecular weight excluding hydrogens is 258 g/mol. The first kappa shape index (κ1) is 15.3. The molecule has 1 amide bonds. The summed E-state index contributed by atoms with van der Waals surface area (Å²) in [6, 6.07) is 0. The number of hydrogen-bond acceptors (Lipinski definition) is 4. The highest BCUT2D eigenvalue weighted by Gasteiger charge is 2.32. The van der Waals surface area contributed by atoms with Gasteiger partial charge in [0, 0.05) is 13.0 Å². The van der Waals surface area contributed by atoms with Crippen molar-refractivity contribution in [1.29, 1.82) is 0 Å². The van der Waals surface area contributed by atoms with Gasteiger partial charge in [-0.25, -0.2) is 0 Å². The molecule has 0 aromatic rings. The summed E-state index contributed by atoms with van der Waals surface area (Å²) in [7, 11) is 0. The lowest BCUT2D eigenvalue weighted by atomic mass is 9.86. The van der Waals surface area contributed by atoms with Crippen molar-refractivity contribution in [2.75, 3.05) is 13.2 Å². The second-order valence-corrected chi connectivity index (χ2v) is 5.69. The summed E-state index contributed by atoms with van der Waals surface area (Å²) >= 11 is 0. The van der Waals surface area contributed by atoms with E-state index < -0.39 is 5.91 Å². The number of unbranched alkanes of at least 4 members (excludes halogenated alkanes) is 1. The van der Waals surface area contributed by atoms with Crippen molar-refractivity contribution < 1.29 is 19.4 Å². The summed E-state index contributed by atoms with van der Waals surface area (Å²) in [5, 5.41) is 8.75. The van der Waals surface area contributed by atoms with Crippen molar-refractivity contribution in [2.24, 2.45) is 17.6 Å². The summed E-state index contributed by atoms with van der Waals surface area (Å²) < 4.78 is 11.2. The number of carbonyl (C=O) groups excluding carboxylic acids is 1. The molecular formula is C15H25NO4. The molecule has 114 valence electrons. The predicted molar refractivity (Wildman–Crippen MR) is 74.5 cm³/mol. The Balaban J connectivity index is 1.91. The molecule has 0 saturated heterocycles. The molecule has 0 bridgehead atoms. The fourth-order valence-corrected chi connectivity index (χ4v) is 3.10. The lowest BCUT2D eigenvalue weighted by molar-refractivity contribution is -0.149. The van der Waals surface area contributed by atoms with Crippen LogP contribution in [0.15, 0.2) is 11.8 Å². The minimum Gasteiger partial charge on any atom is -0.459 e. The van der Waals surface area contributed by atoms with E-state index in [4.69, 9.17) is 20.3 Å². The summed E-state index contributed by atoms with van der Waals surface area (Å²) in [5.74, 6) is 0.686. The number of carbonyl (C=O) groups is 1. The topological polar surface area (TPSA) is 81.8 Å². The van der Waals surface area contributed by atoms with E-state index in [-0.39, 0.29) is 18.7 Å². The fraction of sp³-hybridized carbons (Fsp3) is 0.800. The van der Waals surface area contributed by atoms with Crippen molar-refractivity contribution in [1.82, 2.24) is 0 Å². The van der Waals surface area contributed by atoms with Crippen LogP contribution in [-0.2, 0) is 14.3 Å². The summed E-state index contributed by atoms with van der Waals surface area (Å²) in [5.41, 5.74) is 5.35. The van der Waals surface area contributed by atoms with Crippen LogP contribution in [0.4, 0.5) is 0 Å². The van der Waals surface area contributed by atoms with Gasteiger partial charge in [0.15, 0.2) is 5.76 Å². The van der Waals surface area contributed by atoms with Gasteiger partial charge >= 0.3 is 0 Å². The maximum Gasteiger partial charge on any atom is 0.283 e. The van der Waals surface area contributed by atoms with E-state index in [1.54, 1.807) is 0 Å². The first-order chi connectivity index (χ1) is 9.70. The number of allylic oxidation sites excluding steroid dienone is 1. The maximum absolute atomic E-state index is 11.4. The lowest BCUT2D eigenvalue weighted by Crippen LogP contribution is -2.32. The van der Waals surface area contributed by atoms with E-state index >= 15 is 0 Å². The van der Waals surface area contributed by atoms with E-state index in [0.717, 1.165) is 19.3 Å². The molecule has 0 aromatic heterocycles. The van der Waals surface area contributed by atoms with Gasteiger partial charge in [0.2, 0.25) is 6.29 Å². The third-order valence-electron chi connectivity index (χ3n) is 4.19. The van der Waals surface area contributed by atoms with Crippen LogP contribution in [0.3, 0.4) is 0 Å². The Hall–Kier alpha value is -1.07. The average Bonchev–Trinajstić information content (AvgIpc) is 2.97. The molecule has 2 atom stereocenters. The second kappa shape index (κ2) is 7.64. The first-order valence-corrected chi connectivity index (χ1v) is 7.61. The number of hydrogen-bond donors (Lipinski definition) is 2. The van der Waals surface area contributed by atoms with Crippen LogP contribution in [0.2, 0.25) is 0 Å². The van der Waals surface area contributed by atoms with Crippen LogP contribution in [0.5, 0.6) is 0 Å². The fourth-order valence-electron chi connectivity index (χ4n) is 3.10. The molecule has 2 aliphatic rings. The van der Waals surface area contributed by atoms with E-state index in [9.17, 15) is 4.79 Å². The molecule has 1 heterocycles. The molecule has 2 rings (SSSR count). The van der Waals surface area contributed by atoms with Gasteiger partial charge in [-0.1, -0.05) is 12.8 Å². The van der Waals surface area contributed by atoms with Crippen LogP contribution in [0.1, 0.15) is 44.9 Å². The SMILES string of the molecule is NC(=O)C1=C[C@H](C2CCCC2)C[C@H](OCCCCO)O1. The molecule has 5 heteroatoms. The zero-order chi connectivity index (χ0) is 14.4. The molecule has 3 N–H and O–H groups in total.